The summed E-state index contributed by atoms with van der Waals surface area (Å²) in [6.45, 7) is 3.73. The SMILES string of the molecule is O=C(NC[C@H](c1ccncc1)N1CCOCC1)c1cn[nH]c1C1CCCCC1. The molecule has 0 unspecified atom stereocenters. The molecule has 0 aromatic carbocycles. The molecule has 2 aliphatic rings. The van der Waals surface area contributed by atoms with Crippen molar-refractivity contribution in [3.8, 4) is 0 Å². The first-order valence-corrected chi connectivity index (χ1v) is 10.4. The molecule has 0 spiro atoms. The van der Waals surface area contributed by atoms with Crippen LogP contribution < -0.4 is 5.32 Å². The van der Waals surface area contributed by atoms with E-state index in [0.717, 1.165) is 50.4 Å². The summed E-state index contributed by atoms with van der Waals surface area (Å²) in [4.78, 5) is 19.5. The fourth-order valence-electron chi connectivity index (χ4n) is 4.40. The zero-order chi connectivity index (χ0) is 19.2. The highest BCUT2D eigenvalue weighted by Crippen LogP contribution is 2.33. The molecule has 150 valence electrons. The Hall–Kier alpha value is -2.25. The first-order chi connectivity index (χ1) is 13.8. The van der Waals surface area contributed by atoms with Crippen molar-refractivity contribution < 1.29 is 9.53 Å². The summed E-state index contributed by atoms with van der Waals surface area (Å²) in [6, 6.07) is 4.16. The second-order valence-electron chi connectivity index (χ2n) is 7.69. The molecule has 2 fully saturated rings. The Morgan fingerprint density at radius 3 is 2.71 bits per heavy atom. The maximum atomic E-state index is 13.0. The molecule has 28 heavy (non-hydrogen) atoms. The molecule has 2 N–H and O–H groups in total. The second kappa shape index (κ2) is 9.30. The molecule has 4 rings (SSSR count). The van der Waals surface area contributed by atoms with Crippen LogP contribution in [0.4, 0.5) is 0 Å². The molecule has 3 heterocycles. The van der Waals surface area contributed by atoms with Crippen molar-refractivity contribution >= 4 is 5.91 Å². The van der Waals surface area contributed by atoms with E-state index in [0.29, 0.717) is 18.0 Å². The fourth-order valence-corrected chi connectivity index (χ4v) is 4.40. The number of morpholine rings is 1. The van der Waals surface area contributed by atoms with Crippen LogP contribution in [0.1, 0.15) is 65.7 Å². The number of aromatic nitrogens is 3. The minimum Gasteiger partial charge on any atom is -0.379 e. The minimum absolute atomic E-state index is 0.0401. The first kappa shape index (κ1) is 19.1. The number of amides is 1. The highest BCUT2D eigenvalue weighted by Gasteiger charge is 2.26. The predicted octanol–water partition coefficient (Wildman–Crippen LogP) is 2.66. The van der Waals surface area contributed by atoms with E-state index in [2.05, 4.69) is 25.4 Å². The lowest BCUT2D eigenvalue weighted by Crippen LogP contribution is -2.43. The van der Waals surface area contributed by atoms with E-state index >= 15 is 0 Å². The Labute approximate surface area is 165 Å². The standard InChI is InChI=1S/C21H29N5O2/c27-21(18-14-24-25-20(18)17-4-2-1-3-5-17)23-15-19(16-6-8-22-9-7-16)26-10-12-28-13-11-26/h6-9,14,17,19H,1-5,10-13,15H2,(H,23,27)(H,24,25)/t19-/m1/s1. The van der Waals surface area contributed by atoms with Crippen LogP contribution in [0.3, 0.4) is 0 Å². The van der Waals surface area contributed by atoms with Crippen LogP contribution >= 0.6 is 0 Å². The molecule has 0 bridgehead atoms. The van der Waals surface area contributed by atoms with Gasteiger partial charge in [-0.1, -0.05) is 19.3 Å². The quantitative estimate of drug-likeness (QED) is 0.801. The third-order valence-electron chi connectivity index (χ3n) is 5.96. The number of hydrogen-bond acceptors (Lipinski definition) is 5. The van der Waals surface area contributed by atoms with Gasteiger partial charge in [0.25, 0.3) is 5.91 Å². The molecule has 1 atom stereocenters. The molecule has 1 saturated heterocycles. The van der Waals surface area contributed by atoms with Crippen molar-refractivity contribution in [2.75, 3.05) is 32.8 Å². The van der Waals surface area contributed by atoms with Gasteiger partial charge in [-0.2, -0.15) is 5.10 Å². The van der Waals surface area contributed by atoms with Gasteiger partial charge in [-0.3, -0.25) is 19.8 Å². The molecular weight excluding hydrogens is 354 g/mol. The van der Waals surface area contributed by atoms with Crippen LogP contribution in [0.2, 0.25) is 0 Å². The topological polar surface area (TPSA) is 83.1 Å². The number of H-pyrrole nitrogens is 1. The monoisotopic (exact) mass is 383 g/mol. The van der Waals surface area contributed by atoms with Crippen molar-refractivity contribution in [3.63, 3.8) is 0 Å². The predicted molar refractivity (Wildman–Crippen MR) is 106 cm³/mol. The van der Waals surface area contributed by atoms with Crippen molar-refractivity contribution in [1.82, 2.24) is 25.4 Å². The van der Waals surface area contributed by atoms with Crippen LogP contribution in [0.15, 0.2) is 30.7 Å². The molecule has 2 aromatic rings. The average molecular weight is 383 g/mol. The van der Waals surface area contributed by atoms with Gasteiger partial charge in [-0.05, 0) is 30.5 Å². The average Bonchev–Trinajstić information content (AvgIpc) is 3.26. The van der Waals surface area contributed by atoms with Gasteiger partial charge in [0.05, 0.1) is 36.7 Å². The number of carbonyl (C=O) groups excluding carboxylic acids is 1. The lowest BCUT2D eigenvalue weighted by Gasteiger charge is -2.34. The highest BCUT2D eigenvalue weighted by atomic mass is 16.5. The van der Waals surface area contributed by atoms with Crippen molar-refractivity contribution in [3.05, 3.63) is 47.5 Å². The number of ether oxygens (including phenoxy) is 1. The summed E-state index contributed by atoms with van der Waals surface area (Å²) in [6.07, 6.45) is 11.3. The maximum Gasteiger partial charge on any atom is 0.254 e. The number of pyridine rings is 1. The van der Waals surface area contributed by atoms with Gasteiger partial charge in [0.2, 0.25) is 0 Å². The summed E-state index contributed by atoms with van der Waals surface area (Å²) >= 11 is 0. The first-order valence-electron chi connectivity index (χ1n) is 10.4. The van der Waals surface area contributed by atoms with Gasteiger partial charge >= 0.3 is 0 Å². The Kier molecular flexibility index (Phi) is 6.34. The molecule has 7 nitrogen and oxygen atoms in total. The van der Waals surface area contributed by atoms with Gasteiger partial charge < -0.3 is 10.1 Å². The summed E-state index contributed by atoms with van der Waals surface area (Å²) in [5, 5.41) is 10.4. The van der Waals surface area contributed by atoms with Crippen LogP contribution in [-0.4, -0.2) is 58.8 Å². The number of rotatable bonds is 6. The number of carbonyl (C=O) groups is 1. The van der Waals surface area contributed by atoms with Crippen LogP contribution in [-0.2, 0) is 4.74 Å². The van der Waals surface area contributed by atoms with E-state index in [1.807, 2.05) is 24.5 Å². The summed E-state index contributed by atoms with van der Waals surface area (Å²) < 4.78 is 5.50. The lowest BCUT2D eigenvalue weighted by atomic mass is 9.85. The number of nitrogens with zero attached hydrogens (tertiary/aromatic N) is 3. The van der Waals surface area contributed by atoms with Gasteiger partial charge in [0.1, 0.15) is 0 Å². The molecule has 1 aliphatic heterocycles. The molecular formula is C21H29N5O2. The van der Waals surface area contributed by atoms with Crippen LogP contribution in [0, 0.1) is 0 Å². The smallest absolute Gasteiger partial charge is 0.254 e. The van der Waals surface area contributed by atoms with Gasteiger partial charge in [-0.25, -0.2) is 0 Å². The second-order valence-corrected chi connectivity index (χ2v) is 7.69. The number of hydrogen-bond donors (Lipinski definition) is 2. The lowest BCUT2D eigenvalue weighted by molar-refractivity contribution is 0.0162. The normalized spacial score (nSPS) is 20.0. The minimum atomic E-state index is -0.0401. The molecule has 7 heteroatoms. The van der Waals surface area contributed by atoms with Gasteiger partial charge in [0, 0.05) is 37.9 Å². The molecule has 1 aliphatic carbocycles. The zero-order valence-electron chi connectivity index (χ0n) is 16.3. The van der Waals surface area contributed by atoms with Gasteiger partial charge in [-0.15, -0.1) is 0 Å². The third kappa shape index (κ3) is 4.42. The molecule has 1 amide bonds. The Bertz CT molecular complexity index is 751. The molecule has 2 aromatic heterocycles. The summed E-state index contributed by atoms with van der Waals surface area (Å²) in [5.41, 5.74) is 2.86. The van der Waals surface area contributed by atoms with E-state index < -0.39 is 0 Å². The zero-order valence-corrected chi connectivity index (χ0v) is 16.3. The van der Waals surface area contributed by atoms with E-state index in [-0.39, 0.29) is 11.9 Å². The van der Waals surface area contributed by atoms with Gasteiger partial charge in [0.15, 0.2) is 0 Å². The highest BCUT2D eigenvalue weighted by molar-refractivity contribution is 5.95. The van der Waals surface area contributed by atoms with E-state index in [1.54, 1.807) is 6.20 Å². The van der Waals surface area contributed by atoms with E-state index in [4.69, 9.17) is 4.74 Å². The third-order valence-corrected chi connectivity index (χ3v) is 5.96. The summed E-state index contributed by atoms with van der Waals surface area (Å²) in [7, 11) is 0. The van der Waals surface area contributed by atoms with E-state index in [1.165, 1.54) is 19.3 Å². The van der Waals surface area contributed by atoms with Crippen molar-refractivity contribution in [2.24, 2.45) is 0 Å². The number of nitrogens with one attached hydrogen (secondary N) is 2. The van der Waals surface area contributed by atoms with Crippen LogP contribution in [0.5, 0.6) is 0 Å². The fraction of sp³-hybridized carbons (Fsp3) is 0.571. The van der Waals surface area contributed by atoms with Crippen molar-refractivity contribution in [2.45, 2.75) is 44.1 Å². The van der Waals surface area contributed by atoms with E-state index in [9.17, 15) is 4.79 Å². The Balaban J connectivity index is 1.45. The number of aromatic amines is 1. The van der Waals surface area contributed by atoms with Crippen LogP contribution in [0.25, 0.3) is 0 Å². The van der Waals surface area contributed by atoms with Crippen molar-refractivity contribution in [1.29, 1.82) is 0 Å². The maximum absolute atomic E-state index is 13.0. The summed E-state index contributed by atoms with van der Waals surface area (Å²) in [5.74, 6) is 0.383. The molecule has 0 radical (unpaired) electrons. The Morgan fingerprint density at radius 1 is 1.21 bits per heavy atom. The largest absolute Gasteiger partial charge is 0.379 e. The Morgan fingerprint density at radius 2 is 1.96 bits per heavy atom. The molecule has 1 saturated carbocycles.